The molecule has 1 N–H and O–H groups in total. The molecule has 0 saturated heterocycles. The molecule has 1 rings (SSSR count). The Kier molecular flexibility index (Phi) is 4.45. The van der Waals surface area contributed by atoms with Crippen molar-refractivity contribution in [1.29, 1.82) is 0 Å². The van der Waals surface area contributed by atoms with Gasteiger partial charge in [-0.1, -0.05) is 0 Å². The number of aliphatic hydroxyl groups is 1. The number of aromatic nitrogens is 1. The Labute approximate surface area is 100 Å². The Morgan fingerprint density at radius 2 is 2.12 bits per heavy atom. The summed E-state index contributed by atoms with van der Waals surface area (Å²) in [5.41, 5.74) is -1.36. The second-order valence-corrected chi connectivity index (χ2v) is 3.64. The second-order valence-electron chi connectivity index (χ2n) is 3.64. The number of nitrogens with zero attached hydrogens (tertiary/aromatic N) is 1. The molecule has 0 radical (unpaired) electrons. The van der Waals surface area contributed by atoms with Crippen LogP contribution < -0.4 is 4.74 Å². The lowest BCUT2D eigenvalue weighted by molar-refractivity contribution is -0.164. The minimum Gasteiger partial charge on any atom is -0.492 e. The van der Waals surface area contributed by atoms with E-state index in [1.165, 1.54) is 19.3 Å². The molecule has 1 aromatic heterocycles. The van der Waals surface area contributed by atoms with Gasteiger partial charge in [-0.15, -0.1) is 0 Å². The van der Waals surface area contributed by atoms with Crippen molar-refractivity contribution in [3.8, 4) is 5.75 Å². The first kappa shape index (κ1) is 13.4. The third kappa shape index (κ3) is 3.17. The van der Waals surface area contributed by atoms with E-state index in [1.807, 2.05) is 6.92 Å². The van der Waals surface area contributed by atoms with E-state index < -0.39 is 11.6 Å². The van der Waals surface area contributed by atoms with Crippen molar-refractivity contribution in [3.05, 3.63) is 24.0 Å². The molecular formula is C12H17NO4. The lowest BCUT2D eigenvalue weighted by Crippen LogP contribution is -2.34. The van der Waals surface area contributed by atoms with Gasteiger partial charge in [0.25, 0.3) is 0 Å². The van der Waals surface area contributed by atoms with E-state index >= 15 is 0 Å². The minimum atomic E-state index is -1.71. The van der Waals surface area contributed by atoms with E-state index in [0.717, 1.165) is 0 Å². The lowest BCUT2D eigenvalue weighted by atomic mass is 9.98. The maximum Gasteiger partial charge on any atom is 0.342 e. The van der Waals surface area contributed by atoms with Crippen molar-refractivity contribution in [2.45, 2.75) is 26.4 Å². The summed E-state index contributed by atoms with van der Waals surface area (Å²) in [4.78, 5) is 15.5. The fourth-order valence-electron chi connectivity index (χ4n) is 1.32. The summed E-state index contributed by atoms with van der Waals surface area (Å²) >= 11 is 0. The molecule has 0 fully saturated rings. The summed E-state index contributed by atoms with van der Waals surface area (Å²) in [5.74, 6) is -0.190. The number of hydrogen-bond acceptors (Lipinski definition) is 5. The summed E-state index contributed by atoms with van der Waals surface area (Å²) in [6.07, 6.45) is 2.94. The standard InChI is InChI=1S/C12H17NO4/c1-4-16-10-6-9(7-13-8-10)12(3,15)11(14)17-5-2/h6-8,15H,4-5H2,1-3H3. The summed E-state index contributed by atoms with van der Waals surface area (Å²) in [5, 5.41) is 10.1. The first-order valence-electron chi connectivity index (χ1n) is 5.50. The predicted molar refractivity (Wildman–Crippen MR) is 61.6 cm³/mol. The van der Waals surface area contributed by atoms with E-state index in [9.17, 15) is 9.90 Å². The number of esters is 1. The van der Waals surface area contributed by atoms with Gasteiger partial charge in [0, 0.05) is 11.8 Å². The highest BCUT2D eigenvalue weighted by Crippen LogP contribution is 2.24. The van der Waals surface area contributed by atoms with Crippen LogP contribution in [0.1, 0.15) is 26.3 Å². The Hall–Kier alpha value is -1.62. The number of carbonyl (C=O) groups excluding carboxylic acids is 1. The zero-order valence-electron chi connectivity index (χ0n) is 10.3. The van der Waals surface area contributed by atoms with Crippen molar-refractivity contribution in [1.82, 2.24) is 4.98 Å². The van der Waals surface area contributed by atoms with Crippen LogP contribution in [0.2, 0.25) is 0 Å². The molecule has 5 nitrogen and oxygen atoms in total. The average Bonchev–Trinajstić information content (AvgIpc) is 2.30. The molecule has 1 unspecified atom stereocenters. The van der Waals surface area contributed by atoms with Gasteiger partial charge in [-0.2, -0.15) is 0 Å². The van der Waals surface area contributed by atoms with Crippen molar-refractivity contribution in [3.63, 3.8) is 0 Å². The number of ether oxygens (including phenoxy) is 2. The highest BCUT2D eigenvalue weighted by atomic mass is 16.5. The van der Waals surface area contributed by atoms with E-state index in [1.54, 1.807) is 13.0 Å². The zero-order valence-corrected chi connectivity index (χ0v) is 10.3. The van der Waals surface area contributed by atoms with Crippen LogP contribution in [0.3, 0.4) is 0 Å². The highest BCUT2D eigenvalue weighted by molar-refractivity contribution is 5.80. The number of hydrogen-bond donors (Lipinski definition) is 1. The maximum atomic E-state index is 11.6. The fourth-order valence-corrected chi connectivity index (χ4v) is 1.32. The van der Waals surface area contributed by atoms with E-state index in [0.29, 0.717) is 17.9 Å². The van der Waals surface area contributed by atoms with E-state index in [-0.39, 0.29) is 6.61 Å². The van der Waals surface area contributed by atoms with Gasteiger partial charge in [-0.3, -0.25) is 4.98 Å². The van der Waals surface area contributed by atoms with Crippen LogP contribution in [-0.4, -0.2) is 29.3 Å². The molecule has 0 bridgehead atoms. The van der Waals surface area contributed by atoms with Gasteiger partial charge in [0.2, 0.25) is 0 Å². The third-order valence-electron chi connectivity index (χ3n) is 2.26. The Bertz CT molecular complexity index is 390. The number of pyridine rings is 1. The number of carbonyl (C=O) groups is 1. The molecule has 1 aromatic rings. The number of rotatable bonds is 5. The topological polar surface area (TPSA) is 68.7 Å². The van der Waals surface area contributed by atoms with Crippen LogP contribution in [0.15, 0.2) is 18.5 Å². The predicted octanol–water partition coefficient (Wildman–Crippen LogP) is 1.25. The maximum absolute atomic E-state index is 11.6. The highest BCUT2D eigenvalue weighted by Gasteiger charge is 2.34. The van der Waals surface area contributed by atoms with Crippen LogP contribution in [0.25, 0.3) is 0 Å². The third-order valence-corrected chi connectivity index (χ3v) is 2.26. The van der Waals surface area contributed by atoms with Gasteiger partial charge in [0.05, 0.1) is 19.4 Å². The molecule has 5 heteroatoms. The van der Waals surface area contributed by atoms with Gasteiger partial charge in [-0.05, 0) is 26.8 Å². The Balaban J connectivity index is 2.97. The first-order chi connectivity index (χ1) is 8.02. The first-order valence-corrected chi connectivity index (χ1v) is 5.50. The summed E-state index contributed by atoms with van der Waals surface area (Å²) in [6.45, 7) is 5.61. The van der Waals surface area contributed by atoms with Crippen molar-refractivity contribution >= 4 is 5.97 Å². The summed E-state index contributed by atoms with van der Waals surface area (Å²) in [7, 11) is 0. The van der Waals surface area contributed by atoms with Crippen LogP contribution in [0, 0.1) is 0 Å². The lowest BCUT2D eigenvalue weighted by Gasteiger charge is -2.21. The van der Waals surface area contributed by atoms with Gasteiger partial charge in [0.1, 0.15) is 5.75 Å². The summed E-state index contributed by atoms with van der Waals surface area (Å²) < 4.78 is 10.1. The molecule has 0 saturated carbocycles. The van der Waals surface area contributed by atoms with Gasteiger partial charge >= 0.3 is 5.97 Å². The van der Waals surface area contributed by atoms with Gasteiger partial charge < -0.3 is 14.6 Å². The molecule has 17 heavy (non-hydrogen) atoms. The molecule has 0 amide bonds. The van der Waals surface area contributed by atoms with Crippen molar-refractivity contribution in [2.24, 2.45) is 0 Å². The van der Waals surface area contributed by atoms with E-state index in [2.05, 4.69) is 4.98 Å². The smallest absolute Gasteiger partial charge is 0.342 e. The molecule has 0 aromatic carbocycles. The molecule has 0 aliphatic rings. The van der Waals surface area contributed by atoms with Crippen molar-refractivity contribution in [2.75, 3.05) is 13.2 Å². The van der Waals surface area contributed by atoms with Gasteiger partial charge in [0.15, 0.2) is 5.60 Å². The molecular weight excluding hydrogens is 222 g/mol. The Morgan fingerprint density at radius 3 is 2.71 bits per heavy atom. The molecule has 0 aliphatic heterocycles. The zero-order chi connectivity index (χ0) is 12.9. The molecule has 0 aliphatic carbocycles. The normalized spacial score (nSPS) is 13.9. The van der Waals surface area contributed by atoms with Crippen LogP contribution in [0.5, 0.6) is 5.75 Å². The minimum absolute atomic E-state index is 0.216. The van der Waals surface area contributed by atoms with Crippen LogP contribution >= 0.6 is 0 Å². The van der Waals surface area contributed by atoms with Crippen LogP contribution in [-0.2, 0) is 15.1 Å². The SMILES string of the molecule is CCOC(=O)C(C)(O)c1cncc(OCC)c1. The average molecular weight is 239 g/mol. The van der Waals surface area contributed by atoms with E-state index in [4.69, 9.17) is 9.47 Å². The monoisotopic (exact) mass is 239 g/mol. The fraction of sp³-hybridized carbons (Fsp3) is 0.500. The van der Waals surface area contributed by atoms with Crippen LogP contribution in [0.4, 0.5) is 0 Å². The molecule has 0 spiro atoms. The second kappa shape index (κ2) is 5.63. The largest absolute Gasteiger partial charge is 0.492 e. The summed E-state index contributed by atoms with van der Waals surface area (Å²) in [6, 6.07) is 1.58. The van der Waals surface area contributed by atoms with Crippen molar-refractivity contribution < 1.29 is 19.4 Å². The quantitative estimate of drug-likeness (QED) is 0.783. The molecule has 1 heterocycles. The van der Waals surface area contributed by atoms with Gasteiger partial charge in [-0.25, -0.2) is 4.79 Å². The molecule has 94 valence electrons. The Morgan fingerprint density at radius 1 is 1.41 bits per heavy atom. The molecule has 1 atom stereocenters.